The quantitative estimate of drug-likeness (QED) is 0.889. The van der Waals surface area contributed by atoms with Gasteiger partial charge in [0.1, 0.15) is 0 Å². The maximum atomic E-state index is 11.9. The topological polar surface area (TPSA) is 76.8 Å². The van der Waals surface area contributed by atoms with Crippen LogP contribution in [0.2, 0.25) is 0 Å². The number of anilines is 1. The first-order valence-electron chi connectivity index (χ1n) is 7.61. The van der Waals surface area contributed by atoms with E-state index in [2.05, 4.69) is 27.8 Å². The average molecular weight is 302 g/mol. The molecule has 0 radical (unpaired) electrons. The first-order chi connectivity index (χ1) is 10.5. The molecule has 7 nitrogen and oxygen atoms in total. The molecule has 1 aliphatic carbocycles. The molecule has 2 heterocycles. The van der Waals surface area contributed by atoms with Crippen LogP contribution in [0.25, 0.3) is 0 Å². The third-order valence-corrected chi connectivity index (χ3v) is 4.36. The van der Waals surface area contributed by atoms with Crippen LogP contribution in [-0.4, -0.2) is 25.6 Å². The van der Waals surface area contributed by atoms with E-state index in [0.717, 1.165) is 17.2 Å². The number of rotatable bonds is 5. The van der Waals surface area contributed by atoms with Crippen molar-refractivity contribution in [3.63, 3.8) is 0 Å². The van der Waals surface area contributed by atoms with Crippen molar-refractivity contribution in [1.82, 2.24) is 24.9 Å². The van der Waals surface area contributed by atoms with Gasteiger partial charge in [-0.2, -0.15) is 10.2 Å². The molecule has 0 spiro atoms. The van der Waals surface area contributed by atoms with Gasteiger partial charge in [0.25, 0.3) is 0 Å². The van der Waals surface area contributed by atoms with Crippen LogP contribution in [0, 0.1) is 12.8 Å². The van der Waals surface area contributed by atoms with E-state index in [4.69, 9.17) is 0 Å². The van der Waals surface area contributed by atoms with Crippen LogP contribution in [-0.2, 0) is 13.6 Å². The van der Waals surface area contributed by atoms with Crippen molar-refractivity contribution in [2.24, 2.45) is 13.0 Å². The van der Waals surface area contributed by atoms with Gasteiger partial charge in [0.2, 0.25) is 0 Å². The van der Waals surface area contributed by atoms with Gasteiger partial charge in [-0.3, -0.25) is 9.36 Å². The molecule has 2 N–H and O–H groups in total. The summed E-state index contributed by atoms with van der Waals surface area (Å²) in [7, 11) is 1.88. The molecule has 22 heavy (non-hydrogen) atoms. The molecule has 0 aromatic carbocycles. The highest BCUT2D eigenvalue weighted by molar-refractivity contribution is 5.88. The van der Waals surface area contributed by atoms with Gasteiger partial charge in [-0.25, -0.2) is 4.79 Å². The number of nitrogens with one attached hydrogen (secondary N) is 2. The molecular formula is C15H22N6O. The second-order valence-corrected chi connectivity index (χ2v) is 5.97. The number of amides is 2. The van der Waals surface area contributed by atoms with Gasteiger partial charge in [-0.05, 0) is 32.6 Å². The monoisotopic (exact) mass is 302 g/mol. The van der Waals surface area contributed by atoms with Gasteiger partial charge in [0, 0.05) is 31.0 Å². The Hall–Kier alpha value is -2.31. The van der Waals surface area contributed by atoms with Crippen molar-refractivity contribution < 1.29 is 4.79 Å². The number of hydrogen-bond acceptors (Lipinski definition) is 3. The minimum atomic E-state index is -0.234. The Labute approximate surface area is 129 Å². The lowest BCUT2D eigenvalue weighted by molar-refractivity contribution is 0.251. The summed E-state index contributed by atoms with van der Waals surface area (Å²) in [6, 6.07) is 0.165. The molecule has 1 atom stereocenters. The number of carbonyl (C=O) groups excluding carboxylic acids is 1. The SMILES string of the molecule is Cc1c(CNC(=O)Nc2cnn([C@@H](C)C3CC3)c2)cnn1C. The summed E-state index contributed by atoms with van der Waals surface area (Å²) in [5.41, 5.74) is 2.77. The number of aromatic nitrogens is 4. The predicted octanol–water partition coefficient (Wildman–Crippen LogP) is 2.22. The number of urea groups is 1. The van der Waals surface area contributed by atoms with E-state index in [1.54, 1.807) is 17.1 Å². The molecule has 0 unspecified atom stereocenters. The largest absolute Gasteiger partial charge is 0.334 e. The van der Waals surface area contributed by atoms with Gasteiger partial charge in [0.15, 0.2) is 0 Å². The highest BCUT2D eigenvalue weighted by atomic mass is 16.2. The first kappa shape index (κ1) is 14.6. The van der Waals surface area contributed by atoms with E-state index in [1.165, 1.54) is 12.8 Å². The van der Waals surface area contributed by atoms with Crippen molar-refractivity contribution >= 4 is 11.7 Å². The molecule has 0 saturated heterocycles. The smallest absolute Gasteiger partial charge is 0.319 e. The zero-order valence-electron chi connectivity index (χ0n) is 13.2. The fourth-order valence-electron chi connectivity index (χ4n) is 2.49. The zero-order chi connectivity index (χ0) is 15.7. The van der Waals surface area contributed by atoms with Gasteiger partial charge < -0.3 is 10.6 Å². The van der Waals surface area contributed by atoms with Crippen molar-refractivity contribution in [1.29, 1.82) is 0 Å². The van der Waals surface area contributed by atoms with Crippen molar-refractivity contribution in [2.45, 2.75) is 39.3 Å². The molecule has 3 rings (SSSR count). The van der Waals surface area contributed by atoms with Crippen molar-refractivity contribution in [3.8, 4) is 0 Å². The van der Waals surface area contributed by atoms with Gasteiger partial charge in [-0.1, -0.05) is 0 Å². The lowest BCUT2D eigenvalue weighted by Gasteiger charge is -2.09. The Morgan fingerprint density at radius 3 is 2.82 bits per heavy atom. The fraction of sp³-hybridized carbons (Fsp3) is 0.533. The number of nitrogens with zero attached hydrogens (tertiary/aromatic N) is 4. The molecule has 0 aliphatic heterocycles. The summed E-state index contributed by atoms with van der Waals surface area (Å²) >= 11 is 0. The number of hydrogen-bond donors (Lipinski definition) is 2. The highest BCUT2D eigenvalue weighted by Gasteiger charge is 2.29. The van der Waals surface area contributed by atoms with Gasteiger partial charge in [-0.15, -0.1) is 0 Å². The molecule has 118 valence electrons. The van der Waals surface area contributed by atoms with E-state index in [-0.39, 0.29) is 6.03 Å². The predicted molar refractivity (Wildman–Crippen MR) is 83.5 cm³/mol. The highest BCUT2D eigenvalue weighted by Crippen LogP contribution is 2.39. The van der Waals surface area contributed by atoms with E-state index >= 15 is 0 Å². The molecule has 2 aromatic rings. The zero-order valence-corrected chi connectivity index (χ0v) is 13.2. The van der Waals surface area contributed by atoms with E-state index in [0.29, 0.717) is 18.3 Å². The van der Waals surface area contributed by atoms with Gasteiger partial charge in [0.05, 0.1) is 24.1 Å². The Bertz CT molecular complexity index is 669. The molecule has 0 bridgehead atoms. The number of aryl methyl sites for hydroxylation is 1. The van der Waals surface area contributed by atoms with Crippen molar-refractivity contribution in [3.05, 3.63) is 29.8 Å². The van der Waals surface area contributed by atoms with E-state index in [9.17, 15) is 4.79 Å². The maximum Gasteiger partial charge on any atom is 0.319 e. The molecule has 1 saturated carbocycles. The lowest BCUT2D eigenvalue weighted by atomic mass is 10.2. The second-order valence-electron chi connectivity index (χ2n) is 5.97. The summed E-state index contributed by atoms with van der Waals surface area (Å²) in [6.07, 6.45) is 7.89. The van der Waals surface area contributed by atoms with Crippen LogP contribution in [0.3, 0.4) is 0 Å². The minimum Gasteiger partial charge on any atom is -0.334 e. The normalized spacial score (nSPS) is 15.6. The van der Waals surface area contributed by atoms with Crippen LogP contribution in [0.4, 0.5) is 10.5 Å². The number of carbonyl (C=O) groups is 1. The summed E-state index contributed by atoms with van der Waals surface area (Å²) in [5, 5.41) is 14.1. The Balaban J connectivity index is 1.52. The summed E-state index contributed by atoms with van der Waals surface area (Å²) in [5.74, 6) is 0.732. The Morgan fingerprint density at radius 2 is 2.18 bits per heavy atom. The van der Waals surface area contributed by atoms with Crippen LogP contribution in [0.15, 0.2) is 18.6 Å². The van der Waals surface area contributed by atoms with E-state index in [1.807, 2.05) is 24.9 Å². The summed E-state index contributed by atoms with van der Waals surface area (Å²) < 4.78 is 3.72. The minimum absolute atomic E-state index is 0.234. The summed E-state index contributed by atoms with van der Waals surface area (Å²) in [6.45, 7) is 4.60. The molecule has 7 heteroatoms. The summed E-state index contributed by atoms with van der Waals surface area (Å²) in [4.78, 5) is 11.9. The van der Waals surface area contributed by atoms with Crippen LogP contribution >= 0.6 is 0 Å². The Morgan fingerprint density at radius 1 is 1.41 bits per heavy atom. The Kier molecular flexibility index (Phi) is 3.87. The lowest BCUT2D eigenvalue weighted by Crippen LogP contribution is -2.28. The first-order valence-corrected chi connectivity index (χ1v) is 7.61. The standard InChI is InChI=1S/C15H22N6O/c1-10-13(7-17-20(10)3)6-16-15(22)19-14-8-18-21(9-14)11(2)12-4-5-12/h7-9,11-12H,4-6H2,1-3H3,(H2,16,19,22)/t11-/m0/s1. The van der Waals surface area contributed by atoms with Crippen LogP contribution in [0.5, 0.6) is 0 Å². The van der Waals surface area contributed by atoms with Crippen LogP contribution < -0.4 is 10.6 Å². The third-order valence-electron chi connectivity index (χ3n) is 4.36. The third kappa shape index (κ3) is 3.13. The maximum absolute atomic E-state index is 11.9. The van der Waals surface area contributed by atoms with Crippen molar-refractivity contribution in [2.75, 3.05) is 5.32 Å². The fourth-order valence-corrected chi connectivity index (χ4v) is 2.49. The second kappa shape index (κ2) is 5.82. The molecule has 2 amide bonds. The molecule has 2 aromatic heterocycles. The molecule has 1 fully saturated rings. The van der Waals surface area contributed by atoms with Crippen LogP contribution in [0.1, 0.15) is 37.1 Å². The van der Waals surface area contributed by atoms with Gasteiger partial charge >= 0.3 is 6.03 Å². The molecular weight excluding hydrogens is 280 g/mol. The van der Waals surface area contributed by atoms with E-state index < -0.39 is 0 Å². The average Bonchev–Trinajstić information content (AvgIpc) is 3.17. The molecule has 1 aliphatic rings.